The Kier molecular flexibility index (Phi) is 2.80. The molecule has 1 aromatic carbocycles. The van der Waals surface area contributed by atoms with Crippen LogP contribution in [0.15, 0.2) is 30.5 Å². The van der Waals surface area contributed by atoms with Crippen molar-refractivity contribution in [1.82, 2.24) is 4.90 Å². The molecule has 0 saturated heterocycles. The predicted molar refractivity (Wildman–Crippen MR) is 60.2 cm³/mol. The maximum atomic E-state index is 11.9. The van der Waals surface area contributed by atoms with Crippen molar-refractivity contribution in [2.45, 2.75) is 0 Å². The Morgan fingerprint density at radius 1 is 1.28 bits per heavy atom. The molecule has 0 fully saturated rings. The monoisotopic (exact) mass is 248 g/mol. The van der Waals surface area contributed by atoms with Crippen molar-refractivity contribution in [3.8, 4) is 0 Å². The van der Waals surface area contributed by atoms with Crippen LogP contribution in [0.2, 0.25) is 0 Å². The topological polar surface area (TPSA) is 101 Å². The van der Waals surface area contributed by atoms with E-state index in [9.17, 15) is 19.7 Å². The Labute approximate surface area is 101 Å². The van der Waals surface area contributed by atoms with E-state index in [4.69, 9.17) is 5.11 Å². The molecule has 1 heterocycles. The van der Waals surface area contributed by atoms with Gasteiger partial charge in [0, 0.05) is 12.1 Å². The zero-order valence-corrected chi connectivity index (χ0v) is 9.07. The zero-order chi connectivity index (χ0) is 13.3. The summed E-state index contributed by atoms with van der Waals surface area (Å²) in [4.78, 5) is 34.5. The number of benzene rings is 1. The minimum absolute atomic E-state index is 0.0144. The number of hydrogen-bond acceptors (Lipinski definition) is 5. The van der Waals surface area contributed by atoms with E-state index < -0.39 is 16.7 Å². The van der Waals surface area contributed by atoms with Gasteiger partial charge in [-0.2, -0.15) is 0 Å². The quantitative estimate of drug-likeness (QED) is 0.375. The van der Waals surface area contributed by atoms with E-state index >= 15 is 0 Å². The number of hydrogen-bond donors (Lipinski definition) is 1. The molecule has 0 radical (unpaired) electrons. The molecule has 0 bridgehead atoms. The molecular weight excluding hydrogens is 240 g/mol. The van der Waals surface area contributed by atoms with Crippen molar-refractivity contribution in [2.24, 2.45) is 0 Å². The molecule has 0 aliphatic carbocycles. The number of nitro groups is 1. The summed E-state index contributed by atoms with van der Waals surface area (Å²) in [6.07, 6.45) is 1.96. The van der Waals surface area contributed by atoms with Gasteiger partial charge in [-0.05, 0) is 12.1 Å². The van der Waals surface area contributed by atoms with Crippen molar-refractivity contribution in [3.05, 3.63) is 51.8 Å². The molecule has 0 spiro atoms. The molecule has 92 valence electrons. The standard InChI is InChI=1S/C11H8N2O5/c14-5-1-4-12-10(15)8-3-2-7(13(17)18)6-9(8)11(12)16/h1-3,5-6,14H,4H2. The number of fused-ring (bicyclic) bond motifs is 1. The molecule has 0 saturated carbocycles. The normalized spacial score (nSPS) is 14.3. The summed E-state index contributed by atoms with van der Waals surface area (Å²) < 4.78 is 0. The summed E-state index contributed by atoms with van der Waals surface area (Å²) in [6, 6.07) is 3.52. The Bertz CT molecular complexity index is 579. The van der Waals surface area contributed by atoms with Gasteiger partial charge in [-0.15, -0.1) is 0 Å². The largest absolute Gasteiger partial charge is 0.516 e. The van der Waals surface area contributed by atoms with Gasteiger partial charge in [0.25, 0.3) is 17.5 Å². The summed E-state index contributed by atoms with van der Waals surface area (Å²) in [5.74, 6) is -1.13. The first-order valence-corrected chi connectivity index (χ1v) is 5.00. The maximum Gasteiger partial charge on any atom is 0.270 e. The molecule has 7 heteroatoms. The van der Waals surface area contributed by atoms with E-state index in [1.807, 2.05) is 0 Å². The number of aliphatic hydroxyl groups is 1. The number of carbonyl (C=O) groups excluding carboxylic acids is 2. The lowest BCUT2D eigenvalue weighted by Gasteiger charge is -2.09. The minimum Gasteiger partial charge on any atom is -0.516 e. The van der Waals surface area contributed by atoms with Crippen LogP contribution in [0, 0.1) is 10.1 Å². The smallest absolute Gasteiger partial charge is 0.270 e. The third kappa shape index (κ3) is 1.71. The van der Waals surface area contributed by atoms with Crippen molar-refractivity contribution >= 4 is 17.5 Å². The fourth-order valence-corrected chi connectivity index (χ4v) is 1.71. The number of amides is 2. The highest BCUT2D eigenvalue weighted by Crippen LogP contribution is 2.26. The van der Waals surface area contributed by atoms with E-state index in [2.05, 4.69) is 0 Å². The number of non-ortho nitro benzene ring substituents is 1. The van der Waals surface area contributed by atoms with Crippen LogP contribution in [0.5, 0.6) is 0 Å². The highest BCUT2D eigenvalue weighted by molar-refractivity contribution is 6.21. The number of imide groups is 1. The molecule has 2 rings (SSSR count). The molecule has 1 aliphatic rings. The minimum atomic E-state index is -0.631. The van der Waals surface area contributed by atoms with Crippen LogP contribution in [0.1, 0.15) is 20.7 Å². The number of aliphatic hydroxyl groups excluding tert-OH is 1. The van der Waals surface area contributed by atoms with Gasteiger partial charge >= 0.3 is 0 Å². The molecule has 0 atom stereocenters. The average Bonchev–Trinajstić information content (AvgIpc) is 2.59. The lowest BCUT2D eigenvalue weighted by molar-refractivity contribution is -0.384. The molecule has 0 unspecified atom stereocenters. The molecular formula is C11H8N2O5. The average molecular weight is 248 g/mol. The first-order valence-electron chi connectivity index (χ1n) is 5.00. The summed E-state index contributed by atoms with van der Waals surface area (Å²) >= 11 is 0. The van der Waals surface area contributed by atoms with Gasteiger partial charge in [0.2, 0.25) is 0 Å². The third-order valence-corrected chi connectivity index (χ3v) is 2.56. The second-order valence-corrected chi connectivity index (χ2v) is 3.59. The molecule has 2 amide bonds. The van der Waals surface area contributed by atoms with Gasteiger partial charge in [0.15, 0.2) is 0 Å². The number of rotatable bonds is 3. The van der Waals surface area contributed by atoms with Crippen LogP contribution in [0.4, 0.5) is 5.69 Å². The number of nitro benzene ring substituents is 1. The van der Waals surface area contributed by atoms with Crippen molar-refractivity contribution in [1.29, 1.82) is 0 Å². The van der Waals surface area contributed by atoms with Gasteiger partial charge < -0.3 is 5.11 Å². The van der Waals surface area contributed by atoms with Crippen LogP contribution < -0.4 is 0 Å². The molecule has 7 nitrogen and oxygen atoms in total. The van der Waals surface area contributed by atoms with E-state index in [0.717, 1.165) is 17.2 Å². The summed E-state index contributed by atoms with van der Waals surface area (Å²) in [5.41, 5.74) is -0.0908. The lowest BCUT2D eigenvalue weighted by Crippen LogP contribution is -2.29. The summed E-state index contributed by atoms with van der Waals surface area (Å²) in [6.45, 7) is -0.0728. The van der Waals surface area contributed by atoms with E-state index in [1.54, 1.807) is 0 Å². The van der Waals surface area contributed by atoms with Crippen molar-refractivity contribution in [2.75, 3.05) is 6.54 Å². The van der Waals surface area contributed by atoms with Crippen LogP contribution in [0.3, 0.4) is 0 Å². The highest BCUT2D eigenvalue weighted by Gasteiger charge is 2.35. The Balaban J connectivity index is 2.42. The second kappa shape index (κ2) is 4.28. The Hall–Kier alpha value is -2.70. The zero-order valence-electron chi connectivity index (χ0n) is 9.07. The van der Waals surface area contributed by atoms with Gasteiger partial charge in [-0.1, -0.05) is 0 Å². The molecule has 0 aromatic heterocycles. The number of carbonyl (C=O) groups is 2. The van der Waals surface area contributed by atoms with Crippen LogP contribution in [-0.4, -0.2) is 33.3 Å². The van der Waals surface area contributed by atoms with Crippen molar-refractivity contribution in [3.63, 3.8) is 0 Å². The maximum absolute atomic E-state index is 11.9. The lowest BCUT2D eigenvalue weighted by atomic mass is 10.1. The highest BCUT2D eigenvalue weighted by atomic mass is 16.6. The van der Waals surface area contributed by atoms with Crippen molar-refractivity contribution < 1.29 is 19.6 Å². The first kappa shape index (κ1) is 11.8. The van der Waals surface area contributed by atoms with E-state index in [0.29, 0.717) is 0 Å². The van der Waals surface area contributed by atoms with E-state index in [-0.39, 0.29) is 23.4 Å². The van der Waals surface area contributed by atoms with Crippen LogP contribution in [0.25, 0.3) is 0 Å². The van der Waals surface area contributed by atoms with E-state index in [1.165, 1.54) is 18.2 Å². The molecule has 1 aromatic rings. The fraction of sp³-hybridized carbons (Fsp3) is 0.0909. The predicted octanol–water partition coefficient (Wildman–Crippen LogP) is 1.26. The molecule has 18 heavy (non-hydrogen) atoms. The fourth-order valence-electron chi connectivity index (χ4n) is 1.71. The van der Waals surface area contributed by atoms with Crippen LogP contribution in [-0.2, 0) is 0 Å². The second-order valence-electron chi connectivity index (χ2n) is 3.59. The third-order valence-electron chi connectivity index (χ3n) is 2.56. The first-order chi connectivity index (χ1) is 8.56. The summed E-state index contributed by atoms with van der Waals surface area (Å²) in [7, 11) is 0. The number of nitrogens with zero attached hydrogens (tertiary/aromatic N) is 2. The molecule has 1 N–H and O–H groups in total. The van der Waals surface area contributed by atoms with Crippen LogP contribution >= 0.6 is 0 Å². The van der Waals surface area contributed by atoms with Gasteiger partial charge in [-0.3, -0.25) is 24.6 Å². The Morgan fingerprint density at radius 3 is 2.56 bits per heavy atom. The summed E-state index contributed by atoms with van der Waals surface area (Å²) in [5, 5.41) is 19.1. The van der Waals surface area contributed by atoms with Gasteiger partial charge in [-0.25, -0.2) is 0 Å². The Morgan fingerprint density at radius 2 is 1.94 bits per heavy atom. The SMILES string of the molecule is O=C1c2ccc([N+](=O)[O-])cc2C(=O)N1CC=CO. The van der Waals surface area contributed by atoms with Gasteiger partial charge in [0.1, 0.15) is 0 Å². The van der Waals surface area contributed by atoms with Gasteiger partial charge in [0.05, 0.1) is 28.9 Å². The molecule has 1 aliphatic heterocycles.